The second-order valence-electron chi connectivity index (χ2n) is 14.0. The first-order valence-electron chi connectivity index (χ1n) is 17.3. The van der Waals surface area contributed by atoms with Gasteiger partial charge >= 0.3 is 0 Å². The first-order valence-corrected chi connectivity index (χ1v) is 17.3. The van der Waals surface area contributed by atoms with E-state index in [0.717, 1.165) is 0 Å². The molecule has 0 aromatic heterocycles. The molecule has 1 aliphatic rings. The van der Waals surface area contributed by atoms with Crippen molar-refractivity contribution in [1.29, 1.82) is 0 Å². The van der Waals surface area contributed by atoms with E-state index in [4.69, 9.17) is 0 Å². The van der Waals surface area contributed by atoms with Crippen LogP contribution in [0.25, 0.3) is 87.6 Å². The Morgan fingerprint density at radius 2 is 0.796 bits per heavy atom. The molecule has 0 fully saturated rings. The Morgan fingerprint density at radius 1 is 0.327 bits per heavy atom. The number of fused-ring (bicyclic) bond motifs is 8. The zero-order valence-electron chi connectivity index (χ0n) is 27.7. The molecule has 9 aromatic rings. The Morgan fingerprint density at radius 3 is 1.45 bits per heavy atom. The Balaban J connectivity index is 1.16. The molecule has 230 valence electrons. The van der Waals surface area contributed by atoms with Gasteiger partial charge in [-0.05, 0) is 105 Å². The van der Waals surface area contributed by atoms with Gasteiger partial charge < -0.3 is 0 Å². The van der Waals surface area contributed by atoms with Crippen molar-refractivity contribution < 1.29 is 0 Å². The van der Waals surface area contributed by atoms with Crippen molar-refractivity contribution in [2.24, 2.45) is 0 Å². The molecule has 0 aliphatic heterocycles. The van der Waals surface area contributed by atoms with Crippen LogP contribution in [0.2, 0.25) is 0 Å². The first kappa shape index (κ1) is 28.1. The van der Waals surface area contributed by atoms with E-state index < -0.39 is 0 Å². The third kappa shape index (κ3) is 4.11. The largest absolute Gasteiger partial charge is 0.0616 e. The molecule has 0 spiro atoms. The van der Waals surface area contributed by atoms with Gasteiger partial charge in [0.15, 0.2) is 0 Å². The number of rotatable bonds is 3. The summed E-state index contributed by atoms with van der Waals surface area (Å²) in [6.07, 6.45) is 0. The predicted octanol–water partition coefficient (Wildman–Crippen LogP) is 13.6. The van der Waals surface area contributed by atoms with Gasteiger partial charge in [0.1, 0.15) is 0 Å². The Labute approximate surface area is 286 Å². The highest BCUT2D eigenvalue weighted by atomic mass is 14.4. The molecule has 9 aromatic carbocycles. The fourth-order valence-electron chi connectivity index (χ4n) is 8.80. The molecule has 0 atom stereocenters. The molecular formula is C49H34. The molecule has 0 N–H and O–H groups in total. The SMILES string of the molecule is CC1(C)c2cc(-c3c4ccccc4c(-c4ccc(-c5cccc6ccccc56)cc4)c4ccccc34)ccc2-c2ccc3ccccc3c21. The van der Waals surface area contributed by atoms with E-state index in [1.165, 1.54) is 98.7 Å². The van der Waals surface area contributed by atoms with E-state index in [1.54, 1.807) is 0 Å². The van der Waals surface area contributed by atoms with Crippen LogP contribution in [0.4, 0.5) is 0 Å². The van der Waals surface area contributed by atoms with Crippen LogP contribution in [0.1, 0.15) is 25.0 Å². The number of hydrogen-bond acceptors (Lipinski definition) is 0. The molecule has 0 amide bonds. The summed E-state index contributed by atoms with van der Waals surface area (Å²) in [6.45, 7) is 4.80. The summed E-state index contributed by atoms with van der Waals surface area (Å²) in [5.74, 6) is 0. The zero-order chi connectivity index (χ0) is 32.7. The maximum atomic E-state index is 2.48. The minimum atomic E-state index is -0.112. The molecule has 0 saturated carbocycles. The van der Waals surface area contributed by atoms with Crippen LogP contribution in [0.3, 0.4) is 0 Å². The molecule has 0 heteroatoms. The fraction of sp³-hybridized carbons (Fsp3) is 0.0612. The van der Waals surface area contributed by atoms with Gasteiger partial charge in [-0.2, -0.15) is 0 Å². The van der Waals surface area contributed by atoms with E-state index in [-0.39, 0.29) is 5.41 Å². The minimum absolute atomic E-state index is 0.112. The summed E-state index contributed by atoms with van der Waals surface area (Å²) in [5.41, 5.74) is 13.1. The molecule has 0 saturated heterocycles. The van der Waals surface area contributed by atoms with Crippen molar-refractivity contribution in [1.82, 2.24) is 0 Å². The van der Waals surface area contributed by atoms with Crippen LogP contribution in [0.15, 0.2) is 170 Å². The smallest absolute Gasteiger partial charge is 0.0165 e. The summed E-state index contributed by atoms with van der Waals surface area (Å²) in [5, 5.41) is 10.3. The topological polar surface area (TPSA) is 0 Å². The summed E-state index contributed by atoms with van der Waals surface area (Å²) >= 11 is 0. The Bertz CT molecular complexity index is 2720. The number of hydrogen-bond donors (Lipinski definition) is 0. The predicted molar refractivity (Wildman–Crippen MR) is 210 cm³/mol. The molecule has 0 unspecified atom stereocenters. The monoisotopic (exact) mass is 622 g/mol. The minimum Gasteiger partial charge on any atom is -0.0616 e. The highest BCUT2D eigenvalue weighted by molar-refractivity contribution is 6.21. The lowest BCUT2D eigenvalue weighted by Crippen LogP contribution is -2.15. The van der Waals surface area contributed by atoms with Gasteiger partial charge in [0.2, 0.25) is 0 Å². The lowest BCUT2D eigenvalue weighted by atomic mass is 9.79. The van der Waals surface area contributed by atoms with Crippen LogP contribution in [-0.4, -0.2) is 0 Å². The summed E-state index contributed by atoms with van der Waals surface area (Å²) < 4.78 is 0. The second-order valence-corrected chi connectivity index (χ2v) is 14.0. The van der Waals surface area contributed by atoms with Gasteiger partial charge in [-0.25, -0.2) is 0 Å². The average Bonchev–Trinajstić information content (AvgIpc) is 3.39. The van der Waals surface area contributed by atoms with Gasteiger partial charge in [-0.1, -0.05) is 178 Å². The average molecular weight is 623 g/mol. The van der Waals surface area contributed by atoms with Gasteiger partial charge in [0, 0.05) is 5.41 Å². The molecule has 0 nitrogen and oxygen atoms in total. The molecule has 1 aliphatic carbocycles. The van der Waals surface area contributed by atoms with E-state index in [2.05, 4.69) is 184 Å². The normalized spacial score (nSPS) is 13.3. The molecule has 10 rings (SSSR count). The maximum absolute atomic E-state index is 2.48. The Hall–Kier alpha value is -5.98. The third-order valence-corrected chi connectivity index (χ3v) is 11.0. The summed E-state index contributed by atoms with van der Waals surface area (Å²) in [7, 11) is 0. The van der Waals surface area contributed by atoms with Crippen molar-refractivity contribution in [2.75, 3.05) is 0 Å². The summed E-state index contributed by atoms with van der Waals surface area (Å²) in [6, 6.07) is 63.1. The van der Waals surface area contributed by atoms with Crippen molar-refractivity contribution in [3.05, 3.63) is 181 Å². The number of benzene rings is 9. The van der Waals surface area contributed by atoms with Crippen molar-refractivity contribution >= 4 is 43.1 Å². The highest BCUT2D eigenvalue weighted by Crippen LogP contribution is 2.53. The molecule has 0 bridgehead atoms. The van der Waals surface area contributed by atoms with Crippen LogP contribution < -0.4 is 0 Å². The molecule has 0 radical (unpaired) electrons. The van der Waals surface area contributed by atoms with Crippen LogP contribution in [0, 0.1) is 0 Å². The van der Waals surface area contributed by atoms with Crippen molar-refractivity contribution in [3.63, 3.8) is 0 Å². The lowest BCUT2D eigenvalue weighted by molar-refractivity contribution is 0.666. The molecule has 0 heterocycles. The van der Waals surface area contributed by atoms with E-state index in [1.807, 2.05) is 0 Å². The highest BCUT2D eigenvalue weighted by Gasteiger charge is 2.37. The van der Waals surface area contributed by atoms with E-state index in [9.17, 15) is 0 Å². The fourth-order valence-corrected chi connectivity index (χ4v) is 8.80. The van der Waals surface area contributed by atoms with Crippen LogP contribution in [-0.2, 0) is 5.41 Å². The maximum Gasteiger partial charge on any atom is 0.0165 e. The van der Waals surface area contributed by atoms with Gasteiger partial charge in [0.25, 0.3) is 0 Å². The van der Waals surface area contributed by atoms with Crippen LogP contribution in [0.5, 0.6) is 0 Å². The second kappa shape index (κ2) is 10.5. The standard InChI is InChI=1S/C49H34/c1-49(2)45-30-35(27-28-39(45)44-29-26-32-13-4-6-16-38(32)48(44)49)47-42-19-9-7-17-40(42)46(41-18-8-10-20-43(41)47)34-24-22-33(23-25-34)37-21-11-14-31-12-3-5-15-36(31)37/h3-30H,1-2H3. The first-order chi connectivity index (χ1) is 24.1. The van der Waals surface area contributed by atoms with Gasteiger partial charge in [-0.3, -0.25) is 0 Å². The zero-order valence-corrected chi connectivity index (χ0v) is 27.7. The molecular weight excluding hydrogens is 589 g/mol. The molecule has 49 heavy (non-hydrogen) atoms. The van der Waals surface area contributed by atoms with E-state index in [0.29, 0.717) is 0 Å². The third-order valence-electron chi connectivity index (χ3n) is 11.0. The van der Waals surface area contributed by atoms with Gasteiger partial charge in [0.05, 0.1) is 0 Å². The van der Waals surface area contributed by atoms with Crippen LogP contribution >= 0.6 is 0 Å². The summed E-state index contributed by atoms with van der Waals surface area (Å²) in [4.78, 5) is 0. The lowest BCUT2D eigenvalue weighted by Gasteiger charge is -2.24. The van der Waals surface area contributed by atoms with Gasteiger partial charge in [-0.15, -0.1) is 0 Å². The van der Waals surface area contributed by atoms with E-state index >= 15 is 0 Å². The quantitative estimate of drug-likeness (QED) is 0.172. The van der Waals surface area contributed by atoms with Crippen molar-refractivity contribution in [2.45, 2.75) is 19.3 Å². The Kier molecular flexibility index (Phi) is 6.02. The van der Waals surface area contributed by atoms with Crippen molar-refractivity contribution in [3.8, 4) is 44.5 Å².